The second kappa shape index (κ2) is 12.3. The first-order valence-corrected chi connectivity index (χ1v) is 13.5. The Morgan fingerprint density at radius 1 is 1.07 bits per heavy atom. The van der Waals surface area contributed by atoms with Crippen LogP contribution in [0.1, 0.15) is 32.6 Å². The number of aryl methyl sites for hydroxylation is 1. The van der Waals surface area contributed by atoms with Gasteiger partial charge in [-0.15, -0.1) is 0 Å². The van der Waals surface area contributed by atoms with Gasteiger partial charge in [-0.1, -0.05) is 11.3 Å². The van der Waals surface area contributed by atoms with E-state index in [0.717, 1.165) is 35.6 Å². The van der Waals surface area contributed by atoms with E-state index in [1.165, 1.54) is 19.1 Å². The van der Waals surface area contributed by atoms with Crippen LogP contribution in [-0.4, -0.2) is 59.4 Å². The number of ether oxygens (including phenoxy) is 1. The van der Waals surface area contributed by atoms with Crippen molar-refractivity contribution in [3.63, 3.8) is 0 Å². The second-order valence-electron chi connectivity index (χ2n) is 7.89. The average molecular weight is 609 g/mol. The maximum Gasteiger partial charge on any atom is 0.350 e. The van der Waals surface area contributed by atoms with E-state index < -0.39 is 66.9 Å². The molecule has 1 aromatic heterocycles. The summed E-state index contributed by atoms with van der Waals surface area (Å²) in [5.41, 5.74) is -2.66. The van der Waals surface area contributed by atoms with E-state index in [1.54, 1.807) is 6.92 Å². The maximum atomic E-state index is 12.8. The lowest BCUT2D eigenvalue weighted by molar-refractivity contribution is -0.392. The number of aliphatic carboxylic acids is 1. The van der Waals surface area contributed by atoms with Gasteiger partial charge in [-0.3, -0.25) is 34.5 Å². The lowest BCUT2D eigenvalue weighted by Gasteiger charge is -2.10. The Hall–Kier alpha value is -5.17. The van der Waals surface area contributed by atoms with Gasteiger partial charge in [0.25, 0.3) is 27.3 Å². The monoisotopic (exact) mass is 608 g/mol. The molecule has 0 bridgehead atoms. The molecule has 0 saturated heterocycles. The number of carbonyl (C=O) groups is 3. The van der Waals surface area contributed by atoms with Gasteiger partial charge in [0.05, 0.1) is 32.6 Å². The van der Waals surface area contributed by atoms with Crippen molar-refractivity contribution >= 4 is 67.1 Å². The number of nitro benzene ring substituents is 2. The van der Waals surface area contributed by atoms with Gasteiger partial charge >= 0.3 is 11.9 Å². The number of nitro groups is 2. The highest BCUT2D eigenvalue weighted by molar-refractivity contribution is 7.93. The molecule has 2 aromatic carbocycles. The highest BCUT2D eigenvalue weighted by atomic mass is 32.2. The van der Waals surface area contributed by atoms with Crippen LogP contribution in [0.15, 0.2) is 41.3 Å². The number of anilines is 3. The van der Waals surface area contributed by atoms with Crippen molar-refractivity contribution in [3.05, 3.63) is 72.8 Å². The SMILES string of the molecule is CCOC(=O)c1sc(NS(=O)(=O)c2ccc(NC(=O)c3cc([N+](=O)[O-])c(NCC(=O)O)c([N+](=O)[O-])c3)cc2)nc1C. The summed E-state index contributed by atoms with van der Waals surface area (Å²) in [7, 11) is -4.16. The van der Waals surface area contributed by atoms with Crippen molar-refractivity contribution < 1.29 is 42.5 Å². The lowest BCUT2D eigenvalue weighted by atomic mass is 10.1. The predicted octanol–water partition coefficient (Wildman–Crippen LogP) is 2.99. The molecule has 17 nitrogen and oxygen atoms in total. The van der Waals surface area contributed by atoms with Crippen LogP contribution in [0, 0.1) is 27.2 Å². The molecule has 3 rings (SSSR count). The van der Waals surface area contributed by atoms with Gasteiger partial charge in [0.1, 0.15) is 11.4 Å². The zero-order valence-electron chi connectivity index (χ0n) is 21.1. The van der Waals surface area contributed by atoms with E-state index in [2.05, 4.69) is 20.3 Å². The van der Waals surface area contributed by atoms with Crippen molar-refractivity contribution in [1.82, 2.24) is 4.98 Å². The van der Waals surface area contributed by atoms with Gasteiger partial charge in [-0.05, 0) is 38.1 Å². The zero-order valence-corrected chi connectivity index (χ0v) is 22.7. The first kappa shape index (κ1) is 30.4. The molecule has 0 atom stereocenters. The topological polar surface area (TPSA) is 250 Å². The van der Waals surface area contributed by atoms with Crippen molar-refractivity contribution in [2.24, 2.45) is 0 Å². The highest BCUT2D eigenvalue weighted by Gasteiger charge is 2.29. The fourth-order valence-electron chi connectivity index (χ4n) is 3.30. The molecule has 3 aromatic rings. The number of thiazole rings is 1. The van der Waals surface area contributed by atoms with Gasteiger partial charge < -0.3 is 20.5 Å². The summed E-state index contributed by atoms with van der Waals surface area (Å²) in [6, 6.07) is 6.14. The number of carboxylic acid groups (broad SMARTS) is 1. The van der Waals surface area contributed by atoms with Crippen LogP contribution in [-0.2, 0) is 19.6 Å². The molecular formula is C22H20N6O11S2. The number of carboxylic acids is 1. The Balaban J connectivity index is 1.81. The number of esters is 1. The summed E-state index contributed by atoms with van der Waals surface area (Å²) in [6.45, 7) is 2.41. The Kier molecular flexibility index (Phi) is 9.14. The molecule has 0 aliphatic rings. The molecule has 0 saturated carbocycles. The van der Waals surface area contributed by atoms with Crippen LogP contribution in [0.5, 0.6) is 0 Å². The number of amides is 1. The molecule has 216 valence electrons. The minimum absolute atomic E-state index is 0.0435. The number of carbonyl (C=O) groups excluding carboxylic acids is 2. The summed E-state index contributed by atoms with van der Waals surface area (Å²) < 4.78 is 32.7. The molecule has 0 fully saturated rings. The van der Waals surface area contributed by atoms with Crippen molar-refractivity contribution in [1.29, 1.82) is 0 Å². The number of rotatable bonds is 12. The van der Waals surface area contributed by atoms with Gasteiger partial charge in [-0.2, -0.15) is 0 Å². The van der Waals surface area contributed by atoms with Crippen LogP contribution in [0.2, 0.25) is 0 Å². The lowest BCUT2D eigenvalue weighted by Crippen LogP contribution is -2.17. The minimum Gasteiger partial charge on any atom is -0.480 e. The Morgan fingerprint density at radius 3 is 2.17 bits per heavy atom. The van der Waals surface area contributed by atoms with E-state index >= 15 is 0 Å². The maximum absolute atomic E-state index is 12.8. The predicted molar refractivity (Wildman–Crippen MR) is 144 cm³/mol. The number of hydrogen-bond acceptors (Lipinski definition) is 13. The van der Waals surface area contributed by atoms with Crippen molar-refractivity contribution in [3.8, 4) is 0 Å². The number of nitrogens with one attached hydrogen (secondary N) is 3. The van der Waals surface area contributed by atoms with Crippen LogP contribution >= 0.6 is 11.3 Å². The third-order valence-electron chi connectivity index (χ3n) is 5.07. The average Bonchev–Trinajstić information content (AvgIpc) is 3.26. The summed E-state index contributed by atoms with van der Waals surface area (Å²) >= 11 is 0.788. The molecule has 0 radical (unpaired) electrons. The number of sulfonamides is 1. The van der Waals surface area contributed by atoms with Gasteiger partial charge in [0, 0.05) is 17.8 Å². The van der Waals surface area contributed by atoms with E-state index in [-0.39, 0.29) is 32.9 Å². The third kappa shape index (κ3) is 7.28. The van der Waals surface area contributed by atoms with E-state index in [1.807, 2.05) is 0 Å². The molecular weight excluding hydrogens is 588 g/mol. The molecule has 4 N–H and O–H groups in total. The molecule has 41 heavy (non-hydrogen) atoms. The van der Waals surface area contributed by atoms with E-state index in [0.29, 0.717) is 0 Å². The standard InChI is InChI=1S/C22H20N6O11S2/c1-3-39-21(32)19-11(2)24-22(40-19)26-41(37,38)14-6-4-13(5-7-14)25-20(31)12-8-15(27(33)34)18(23-10-17(29)30)16(9-12)28(35)36/h4-9,23H,3,10H2,1-2H3,(H,24,26)(H,25,31)(H,29,30). The third-order valence-corrected chi connectivity index (χ3v) is 7.61. The molecule has 0 aliphatic heterocycles. The zero-order chi connectivity index (χ0) is 30.5. The quantitative estimate of drug-likeness (QED) is 0.131. The smallest absolute Gasteiger partial charge is 0.350 e. The summed E-state index contributed by atoms with van der Waals surface area (Å²) in [5, 5.41) is 36.2. The van der Waals surface area contributed by atoms with Crippen LogP contribution in [0.25, 0.3) is 0 Å². The molecule has 1 amide bonds. The van der Waals surface area contributed by atoms with Gasteiger partial charge in [-0.25, -0.2) is 18.2 Å². The van der Waals surface area contributed by atoms with E-state index in [4.69, 9.17) is 9.84 Å². The van der Waals surface area contributed by atoms with Crippen molar-refractivity contribution in [2.45, 2.75) is 18.7 Å². The van der Waals surface area contributed by atoms with Crippen LogP contribution in [0.4, 0.5) is 27.9 Å². The van der Waals surface area contributed by atoms with Gasteiger partial charge in [0.15, 0.2) is 10.8 Å². The second-order valence-corrected chi connectivity index (χ2v) is 10.6. The summed E-state index contributed by atoms with van der Waals surface area (Å²) in [5.74, 6) is -3.08. The fourth-order valence-corrected chi connectivity index (χ4v) is 5.39. The summed E-state index contributed by atoms with van der Waals surface area (Å²) in [4.78, 5) is 60.4. The largest absolute Gasteiger partial charge is 0.480 e. The number of benzene rings is 2. The molecule has 19 heteroatoms. The molecule has 1 heterocycles. The molecule has 0 spiro atoms. The Morgan fingerprint density at radius 2 is 1.66 bits per heavy atom. The van der Waals surface area contributed by atoms with E-state index in [9.17, 15) is 43.0 Å². The van der Waals surface area contributed by atoms with Crippen LogP contribution in [0.3, 0.4) is 0 Å². The number of hydrogen-bond donors (Lipinski definition) is 4. The number of nitrogens with zero attached hydrogens (tertiary/aromatic N) is 3. The van der Waals surface area contributed by atoms with Gasteiger partial charge in [0.2, 0.25) is 0 Å². The van der Waals surface area contributed by atoms with Crippen molar-refractivity contribution in [2.75, 3.05) is 28.5 Å². The Labute approximate surface area is 234 Å². The fraction of sp³-hybridized carbons (Fsp3) is 0.182. The van der Waals surface area contributed by atoms with Crippen LogP contribution < -0.4 is 15.4 Å². The normalized spacial score (nSPS) is 10.9. The summed E-state index contributed by atoms with van der Waals surface area (Å²) in [6.07, 6.45) is 0. The molecule has 0 aliphatic carbocycles. The minimum atomic E-state index is -4.16. The Bertz CT molecular complexity index is 1620. The number of aromatic nitrogens is 1. The first-order chi connectivity index (χ1) is 19.2. The first-order valence-electron chi connectivity index (χ1n) is 11.2. The molecule has 0 unspecified atom stereocenters. The highest BCUT2D eigenvalue weighted by Crippen LogP contribution is 2.36.